The van der Waals surface area contributed by atoms with Gasteiger partial charge >= 0.3 is 6.18 Å². The molecule has 0 saturated carbocycles. The van der Waals surface area contributed by atoms with Gasteiger partial charge in [0.25, 0.3) is 5.88 Å². The molecule has 0 bridgehead atoms. The molecule has 2 heterocycles. The standard InChI is InChI=1S/C23H21Cl2F3N4O/c1-12-7-13(8-14-10-32(2)6-5-15(12)14)19-9-30-21(29)22(31-19)33-11-16-18(24)4-3-17(20(16)25)23(26,27)28/h3-4,7-9H,5-6,10-11H2,1-2H3,(H2,29,30). The number of aromatic nitrogens is 2. The molecule has 5 nitrogen and oxygen atoms in total. The van der Waals surface area contributed by atoms with E-state index in [2.05, 4.69) is 34.9 Å². The summed E-state index contributed by atoms with van der Waals surface area (Å²) in [5, 5.41) is -0.475. The van der Waals surface area contributed by atoms with E-state index in [1.165, 1.54) is 16.7 Å². The molecular weight excluding hydrogens is 476 g/mol. The van der Waals surface area contributed by atoms with Gasteiger partial charge in [-0.3, -0.25) is 0 Å². The zero-order valence-corrected chi connectivity index (χ0v) is 19.4. The molecular formula is C23H21Cl2F3N4O. The van der Waals surface area contributed by atoms with Crippen molar-refractivity contribution in [2.24, 2.45) is 0 Å². The van der Waals surface area contributed by atoms with E-state index in [0.717, 1.165) is 37.2 Å². The number of alkyl halides is 3. The van der Waals surface area contributed by atoms with Gasteiger partial charge < -0.3 is 15.4 Å². The number of halogens is 5. The molecule has 1 aromatic heterocycles. The molecule has 1 aliphatic rings. The summed E-state index contributed by atoms with van der Waals surface area (Å²) in [6, 6.07) is 6.07. The summed E-state index contributed by atoms with van der Waals surface area (Å²) in [5.74, 6) is -0.00285. The van der Waals surface area contributed by atoms with Crippen LogP contribution < -0.4 is 10.5 Å². The van der Waals surface area contributed by atoms with Crippen molar-refractivity contribution < 1.29 is 17.9 Å². The summed E-state index contributed by atoms with van der Waals surface area (Å²) < 4.78 is 45.2. The third kappa shape index (κ3) is 4.88. The third-order valence-corrected chi connectivity index (χ3v) is 6.44. The maximum absolute atomic E-state index is 13.2. The Morgan fingerprint density at radius 2 is 1.97 bits per heavy atom. The predicted molar refractivity (Wildman–Crippen MR) is 122 cm³/mol. The fourth-order valence-corrected chi connectivity index (χ4v) is 4.51. The van der Waals surface area contributed by atoms with E-state index < -0.39 is 16.8 Å². The van der Waals surface area contributed by atoms with Gasteiger partial charge in [-0.25, -0.2) is 9.97 Å². The fraction of sp³-hybridized carbons (Fsp3) is 0.304. The number of nitrogen functional groups attached to an aromatic ring is 1. The normalized spacial score (nSPS) is 14.3. The van der Waals surface area contributed by atoms with Crippen molar-refractivity contribution in [2.75, 3.05) is 19.3 Å². The lowest BCUT2D eigenvalue weighted by Gasteiger charge is -2.27. The maximum Gasteiger partial charge on any atom is 0.417 e. The summed E-state index contributed by atoms with van der Waals surface area (Å²) in [7, 11) is 2.07. The maximum atomic E-state index is 13.2. The molecule has 0 saturated heterocycles. The number of rotatable bonds is 4. The average Bonchev–Trinajstić information content (AvgIpc) is 2.73. The number of nitrogens with zero attached hydrogens (tertiary/aromatic N) is 3. The van der Waals surface area contributed by atoms with Crippen molar-refractivity contribution in [3.8, 4) is 17.1 Å². The lowest BCUT2D eigenvalue weighted by Crippen LogP contribution is -2.27. The molecule has 2 N–H and O–H groups in total. The molecule has 0 fully saturated rings. The van der Waals surface area contributed by atoms with Gasteiger partial charge in [0.15, 0.2) is 5.82 Å². The highest BCUT2D eigenvalue weighted by Crippen LogP contribution is 2.39. The summed E-state index contributed by atoms with van der Waals surface area (Å²) in [6.45, 7) is 3.56. The van der Waals surface area contributed by atoms with Crippen molar-refractivity contribution in [3.63, 3.8) is 0 Å². The van der Waals surface area contributed by atoms with Crippen molar-refractivity contribution in [1.82, 2.24) is 14.9 Å². The first-order chi connectivity index (χ1) is 15.5. The second-order valence-corrected chi connectivity index (χ2v) is 8.82. The van der Waals surface area contributed by atoms with Crippen LogP contribution in [-0.4, -0.2) is 28.5 Å². The molecule has 1 aliphatic heterocycles. The number of ether oxygens (including phenoxy) is 1. The molecule has 0 spiro atoms. The highest BCUT2D eigenvalue weighted by Gasteiger charge is 2.34. The number of likely N-dealkylation sites (N-methyl/N-ethyl adjacent to an activating group) is 1. The van der Waals surface area contributed by atoms with Crippen LogP contribution in [0, 0.1) is 6.92 Å². The molecule has 0 unspecified atom stereocenters. The molecule has 10 heteroatoms. The van der Waals surface area contributed by atoms with Gasteiger partial charge in [-0.1, -0.05) is 23.2 Å². The Balaban J connectivity index is 1.64. The van der Waals surface area contributed by atoms with E-state index in [1.54, 1.807) is 6.20 Å². The zero-order chi connectivity index (χ0) is 23.9. The number of anilines is 1. The van der Waals surface area contributed by atoms with Gasteiger partial charge in [-0.2, -0.15) is 13.2 Å². The zero-order valence-electron chi connectivity index (χ0n) is 17.9. The molecule has 3 aromatic rings. The van der Waals surface area contributed by atoms with Crippen LogP contribution in [0.4, 0.5) is 19.0 Å². The third-order valence-electron chi connectivity index (χ3n) is 5.66. The predicted octanol–water partition coefficient (Wildman–Crippen LogP) is 5.93. The number of hydrogen-bond donors (Lipinski definition) is 1. The molecule has 0 atom stereocenters. The smallest absolute Gasteiger partial charge is 0.417 e. The Hall–Kier alpha value is -2.55. The van der Waals surface area contributed by atoms with Crippen molar-refractivity contribution >= 4 is 29.0 Å². The summed E-state index contributed by atoms with van der Waals surface area (Å²) >= 11 is 12.1. The van der Waals surface area contributed by atoms with Gasteiger partial charge in [-0.15, -0.1) is 0 Å². The van der Waals surface area contributed by atoms with Crippen LogP contribution in [-0.2, 0) is 25.7 Å². The van der Waals surface area contributed by atoms with E-state index >= 15 is 0 Å². The van der Waals surface area contributed by atoms with E-state index in [0.29, 0.717) is 5.69 Å². The van der Waals surface area contributed by atoms with Crippen LogP contribution in [0.15, 0.2) is 30.5 Å². The molecule has 2 aromatic carbocycles. The van der Waals surface area contributed by atoms with Crippen LogP contribution in [0.2, 0.25) is 10.0 Å². The monoisotopic (exact) mass is 496 g/mol. The van der Waals surface area contributed by atoms with Crippen molar-refractivity contribution in [2.45, 2.75) is 32.7 Å². The Kier molecular flexibility index (Phi) is 6.44. The summed E-state index contributed by atoms with van der Waals surface area (Å²) in [5.41, 5.74) is 10.0. The number of nitrogens with two attached hydrogens (primary N) is 1. The van der Waals surface area contributed by atoms with Crippen molar-refractivity contribution in [1.29, 1.82) is 0 Å². The molecule has 0 amide bonds. The lowest BCUT2D eigenvalue weighted by molar-refractivity contribution is -0.137. The molecule has 4 rings (SSSR count). The van der Waals surface area contributed by atoms with Crippen molar-refractivity contribution in [3.05, 3.63) is 68.3 Å². The minimum atomic E-state index is -4.62. The quantitative estimate of drug-likeness (QED) is 0.485. The number of fused-ring (bicyclic) bond motifs is 1. The van der Waals surface area contributed by atoms with Gasteiger partial charge in [0.1, 0.15) is 6.61 Å². The summed E-state index contributed by atoms with van der Waals surface area (Å²) in [4.78, 5) is 10.9. The first kappa shape index (κ1) is 23.6. The average molecular weight is 497 g/mol. The second kappa shape index (κ2) is 9.00. The fourth-order valence-electron chi connectivity index (χ4n) is 3.93. The largest absolute Gasteiger partial charge is 0.470 e. The Morgan fingerprint density at radius 1 is 1.21 bits per heavy atom. The van der Waals surface area contributed by atoms with Gasteiger partial charge in [0.05, 0.1) is 22.5 Å². The number of aryl methyl sites for hydroxylation is 1. The highest BCUT2D eigenvalue weighted by atomic mass is 35.5. The van der Waals surface area contributed by atoms with Crippen LogP contribution in [0.3, 0.4) is 0 Å². The van der Waals surface area contributed by atoms with E-state index in [4.69, 9.17) is 33.7 Å². The Morgan fingerprint density at radius 3 is 2.70 bits per heavy atom. The highest BCUT2D eigenvalue weighted by molar-refractivity contribution is 6.36. The Labute approximate surface area is 199 Å². The van der Waals surface area contributed by atoms with Crippen LogP contribution >= 0.6 is 23.2 Å². The van der Waals surface area contributed by atoms with E-state index in [-0.39, 0.29) is 28.9 Å². The SMILES string of the molecule is Cc1cc(-c2cnc(N)c(OCc3c(Cl)ccc(C(F)(F)F)c3Cl)n2)cc2c1CCN(C)C2. The molecule has 174 valence electrons. The lowest BCUT2D eigenvalue weighted by atomic mass is 9.92. The van der Waals surface area contributed by atoms with E-state index in [9.17, 15) is 13.2 Å². The van der Waals surface area contributed by atoms with Gasteiger partial charge in [-0.05, 0) is 61.3 Å². The minimum Gasteiger partial charge on any atom is -0.470 e. The van der Waals surface area contributed by atoms with Crippen LogP contribution in [0.5, 0.6) is 5.88 Å². The van der Waals surface area contributed by atoms with Gasteiger partial charge in [0, 0.05) is 29.2 Å². The van der Waals surface area contributed by atoms with Crippen LogP contribution in [0.25, 0.3) is 11.3 Å². The van der Waals surface area contributed by atoms with Gasteiger partial charge in [0.2, 0.25) is 0 Å². The molecule has 0 aliphatic carbocycles. The van der Waals surface area contributed by atoms with E-state index in [1.807, 2.05) is 6.07 Å². The first-order valence-electron chi connectivity index (χ1n) is 10.1. The van der Waals surface area contributed by atoms with Crippen LogP contribution in [0.1, 0.15) is 27.8 Å². The molecule has 0 radical (unpaired) electrons. The molecule has 33 heavy (non-hydrogen) atoms. The number of hydrogen-bond acceptors (Lipinski definition) is 5. The first-order valence-corrected chi connectivity index (χ1v) is 10.9. The topological polar surface area (TPSA) is 64.3 Å². The Bertz CT molecular complexity index is 1220. The minimum absolute atomic E-state index is 0.00684. The second-order valence-electron chi connectivity index (χ2n) is 8.04. The number of benzene rings is 2. The summed E-state index contributed by atoms with van der Waals surface area (Å²) in [6.07, 6.45) is -2.09.